The van der Waals surface area contributed by atoms with Crippen molar-refractivity contribution in [1.82, 2.24) is 4.72 Å². The molecule has 0 spiro atoms. The molecular weight excluding hydrogens is 475 g/mol. The van der Waals surface area contributed by atoms with Crippen molar-refractivity contribution >= 4 is 62.4 Å². The van der Waals surface area contributed by atoms with E-state index >= 15 is 0 Å². The molecule has 3 rings (SSSR count). The molecule has 0 saturated heterocycles. The molecule has 11 heteroatoms. The van der Waals surface area contributed by atoms with Crippen LogP contribution in [0.3, 0.4) is 0 Å². The number of nitrogens with one attached hydrogen (secondary N) is 2. The Balaban J connectivity index is 1.67. The molecule has 0 aromatic heterocycles. The zero-order chi connectivity index (χ0) is 22.1. The Morgan fingerprint density at radius 3 is 2.33 bits per heavy atom. The summed E-state index contributed by atoms with van der Waals surface area (Å²) in [5.74, 6) is -1.51. The first-order valence-corrected chi connectivity index (χ1v) is 11.4. The van der Waals surface area contributed by atoms with Gasteiger partial charge >= 0.3 is 5.97 Å². The van der Waals surface area contributed by atoms with Crippen molar-refractivity contribution in [2.75, 3.05) is 11.9 Å². The fraction of sp³-hybridized carbons (Fsp3) is 0.263. The van der Waals surface area contributed by atoms with E-state index in [4.69, 9.17) is 39.5 Å². The maximum atomic E-state index is 12.4. The lowest BCUT2D eigenvalue weighted by Crippen LogP contribution is -2.26. The second-order valence-corrected chi connectivity index (χ2v) is 9.71. The van der Waals surface area contributed by atoms with Gasteiger partial charge in [-0.25, -0.2) is 17.9 Å². The molecule has 1 aliphatic rings. The normalized spacial score (nSPS) is 13.7. The van der Waals surface area contributed by atoms with Gasteiger partial charge in [0.05, 0.1) is 26.2 Å². The van der Waals surface area contributed by atoms with Crippen LogP contribution in [0.4, 0.5) is 5.69 Å². The quantitative estimate of drug-likeness (QED) is 0.566. The highest BCUT2D eigenvalue weighted by Crippen LogP contribution is 2.33. The van der Waals surface area contributed by atoms with Gasteiger partial charge in [-0.05, 0) is 49.6 Å². The lowest BCUT2D eigenvalue weighted by molar-refractivity contribution is -0.119. The van der Waals surface area contributed by atoms with Crippen LogP contribution in [-0.2, 0) is 19.6 Å². The number of sulfonamides is 1. The van der Waals surface area contributed by atoms with Crippen molar-refractivity contribution in [2.24, 2.45) is 0 Å². The van der Waals surface area contributed by atoms with Crippen molar-refractivity contribution in [3.63, 3.8) is 0 Å². The first-order chi connectivity index (χ1) is 14.1. The topological polar surface area (TPSA) is 102 Å². The Bertz CT molecular complexity index is 1090. The van der Waals surface area contributed by atoms with Gasteiger partial charge in [0, 0.05) is 11.1 Å². The minimum atomic E-state index is -3.73. The molecule has 7 nitrogen and oxygen atoms in total. The van der Waals surface area contributed by atoms with Crippen LogP contribution in [0.5, 0.6) is 0 Å². The molecule has 1 fully saturated rings. The van der Waals surface area contributed by atoms with E-state index in [9.17, 15) is 18.0 Å². The van der Waals surface area contributed by atoms with Gasteiger partial charge in [-0.15, -0.1) is 0 Å². The Morgan fingerprint density at radius 1 is 1.10 bits per heavy atom. The number of carbonyl (C=O) groups excluding carboxylic acids is 2. The monoisotopic (exact) mass is 490 g/mol. The Labute approximate surface area is 188 Å². The molecule has 1 amide bonds. The van der Waals surface area contributed by atoms with Gasteiger partial charge in [-0.1, -0.05) is 40.9 Å². The number of aryl methyl sites for hydroxylation is 1. The van der Waals surface area contributed by atoms with Crippen molar-refractivity contribution in [3.05, 3.63) is 56.5 Å². The molecular formula is C19H17Cl3N2O5S. The summed E-state index contributed by atoms with van der Waals surface area (Å²) in [5, 5.41) is 3.01. The average molecular weight is 492 g/mol. The maximum Gasteiger partial charge on any atom is 0.338 e. The molecule has 2 aromatic rings. The van der Waals surface area contributed by atoms with Crippen LogP contribution in [-0.4, -0.2) is 32.9 Å². The van der Waals surface area contributed by atoms with Gasteiger partial charge in [0.2, 0.25) is 10.0 Å². The summed E-state index contributed by atoms with van der Waals surface area (Å²) in [6.07, 6.45) is 1.58. The fourth-order valence-electron chi connectivity index (χ4n) is 2.52. The molecule has 1 aliphatic carbocycles. The molecule has 0 atom stereocenters. The number of ether oxygens (including phenoxy) is 1. The van der Waals surface area contributed by atoms with Gasteiger partial charge in [0.15, 0.2) is 6.61 Å². The van der Waals surface area contributed by atoms with Crippen molar-refractivity contribution in [2.45, 2.75) is 30.7 Å². The molecule has 1 saturated carbocycles. The van der Waals surface area contributed by atoms with Crippen LogP contribution in [0.1, 0.15) is 28.8 Å². The third-order valence-corrected chi connectivity index (χ3v) is 6.58. The number of hydrogen-bond acceptors (Lipinski definition) is 5. The minimum Gasteiger partial charge on any atom is -0.452 e. The number of hydrogen-bond donors (Lipinski definition) is 2. The number of anilines is 1. The zero-order valence-corrected chi connectivity index (χ0v) is 18.8. The molecule has 0 radical (unpaired) electrons. The van der Waals surface area contributed by atoms with E-state index in [0.717, 1.165) is 12.8 Å². The van der Waals surface area contributed by atoms with E-state index in [-0.39, 0.29) is 32.2 Å². The van der Waals surface area contributed by atoms with Crippen molar-refractivity contribution in [1.29, 1.82) is 0 Å². The van der Waals surface area contributed by atoms with Gasteiger partial charge in [0.25, 0.3) is 5.91 Å². The summed E-state index contributed by atoms with van der Waals surface area (Å²) in [4.78, 5) is 24.5. The van der Waals surface area contributed by atoms with Crippen LogP contribution in [0, 0.1) is 6.92 Å². The van der Waals surface area contributed by atoms with Crippen LogP contribution >= 0.6 is 34.8 Å². The highest BCUT2D eigenvalue weighted by atomic mass is 35.5. The number of carbonyl (C=O) groups is 2. The third-order valence-electron chi connectivity index (χ3n) is 4.24. The second kappa shape index (κ2) is 9.11. The SMILES string of the molecule is Cc1ccc(S(=O)(=O)NC2CC2)cc1C(=O)OCC(=O)Nc1c(Cl)cc(Cl)cc1Cl. The molecule has 0 bridgehead atoms. The fourth-order valence-corrected chi connectivity index (χ4v) is 4.77. The molecule has 160 valence electrons. The summed E-state index contributed by atoms with van der Waals surface area (Å²) in [5.41, 5.74) is 0.692. The Morgan fingerprint density at radius 2 is 1.73 bits per heavy atom. The van der Waals surface area contributed by atoms with E-state index in [0.29, 0.717) is 10.6 Å². The standard InChI is InChI=1S/C19H17Cl3N2O5S/c1-10-2-5-13(30(27,28)24-12-3-4-12)8-14(10)19(26)29-9-17(25)23-18-15(21)6-11(20)7-16(18)22/h2,5-8,12,24H,3-4,9H2,1H3,(H,23,25). The van der Waals surface area contributed by atoms with Crippen LogP contribution in [0.15, 0.2) is 35.2 Å². The van der Waals surface area contributed by atoms with E-state index in [1.807, 2.05) is 0 Å². The summed E-state index contributed by atoms with van der Waals surface area (Å²) in [6.45, 7) is 1.01. The number of halogens is 3. The number of benzene rings is 2. The third kappa shape index (κ3) is 5.65. The summed E-state index contributed by atoms with van der Waals surface area (Å²) >= 11 is 17.8. The Kier molecular flexibility index (Phi) is 6.94. The van der Waals surface area contributed by atoms with E-state index in [1.165, 1.54) is 30.3 Å². The maximum absolute atomic E-state index is 12.4. The summed E-state index contributed by atoms with van der Waals surface area (Å²) < 4.78 is 32.3. The van der Waals surface area contributed by atoms with Crippen molar-refractivity contribution < 1.29 is 22.7 Å². The second-order valence-electron chi connectivity index (χ2n) is 6.74. The smallest absolute Gasteiger partial charge is 0.338 e. The Hall–Kier alpha value is -1.84. The lowest BCUT2D eigenvalue weighted by Gasteiger charge is -2.12. The number of rotatable bonds is 7. The van der Waals surface area contributed by atoms with Gasteiger partial charge in [0.1, 0.15) is 0 Å². The van der Waals surface area contributed by atoms with Gasteiger partial charge in [-0.2, -0.15) is 0 Å². The van der Waals surface area contributed by atoms with E-state index in [1.54, 1.807) is 6.92 Å². The largest absolute Gasteiger partial charge is 0.452 e. The average Bonchev–Trinajstić information content (AvgIpc) is 3.46. The van der Waals surface area contributed by atoms with E-state index in [2.05, 4.69) is 10.0 Å². The molecule has 2 N–H and O–H groups in total. The molecule has 30 heavy (non-hydrogen) atoms. The van der Waals surface area contributed by atoms with Crippen molar-refractivity contribution in [3.8, 4) is 0 Å². The highest BCUT2D eigenvalue weighted by molar-refractivity contribution is 7.89. The van der Waals surface area contributed by atoms with E-state index < -0.39 is 28.5 Å². The van der Waals surface area contributed by atoms with Gasteiger partial charge < -0.3 is 10.1 Å². The minimum absolute atomic E-state index is 0.0453. The van der Waals surface area contributed by atoms with Crippen LogP contribution in [0.2, 0.25) is 15.1 Å². The predicted molar refractivity (Wildman–Crippen MR) is 115 cm³/mol. The number of amides is 1. The summed E-state index contributed by atoms with van der Waals surface area (Å²) in [7, 11) is -3.73. The van der Waals surface area contributed by atoms with Gasteiger partial charge in [-0.3, -0.25) is 4.79 Å². The molecule has 2 aromatic carbocycles. The molecule has 0 heterocycles. The molecule has 0 aliphatic heterocycles. The lowest BCUT2D eigenvalue weighted by atomic mass is 10.1. The highest BCUT2D eigenvalue weighted by Gasteiger charge is 2.28. The summed E-state index contributed by atoms with van der Waals surface area (Å²) in [6, 6.07) is 6.89. The number of esters is 1. The van der Waals surface area contributed by atoms with Crippen LogP contribution < -0.4 is 10.0 Å². The molecule has 0 unspecified atom stereocenters. The van der Waals surface area contributed by atoms with Crippen LogP contribution in [0.25, 0.3) is 0 Å². The zero-order valence-electron chi connectivity index (χ0n) is 15.7. The first-order valence-electron chi connectivity index (χ1n) is 8.81. The predicted octanol–water partition coefficient (Wildman–Crippen LogP) is 4.19. The first kappa shape index (κ1) is 22.8.